The van der Waals surface area contributed by atoms with E-state index in [1.54, 1.807) is 18.2 Å². The van der Waals surface area contributed by atoms with Crippen LogP contribution < -0.4 is 0 Å². The molecule has 3 heterocycles. The largest absolute Gasteiger partial charge is 0.478 e. The molecule has 2 aliphatic rings. The Morgan fingerprint density at radius 3 is 2.67 bits per heavy atom. The van der Waals surface area contributed by atoms with E-state index in [2.05, 4.69) is 9.98 Å². The smallest absolute Gasteiger partial charge is 0.335 e. The lowest BCUT2D eigenvalue weighted by Crippen LogP contribution is -2.31. The maximum absolute atomic E-state index is 15.4. The SMILES string of the molecule is O=C(O)c1ccc2nc(Cc3ccc(C4N=C(OCc5ccc(Cl)cc5F)C=CN4F)c(F)c3)n(CC3CCO3)c2c1. The summed E-state index contributed by atoms with van der Waals surface area (Å²) in [5.41, 5.74) is 2.20. The first-order valence-electron chi connectivity index (χ1n) is 13.1. The van der Waals surface area contributed by atoms with Crippen molar-refractivity contribution in [1.29, 1.82) is 0 Å². The van der Waals surface area contributed by atoms with Crippen molar-refractivity contribution >= 4 is 34.5 Å². The average molecular weight is 597 g/mol. The lowest BCUT2D eigenvalue weighted by atomic mass is 10.1. The van der Waals surface area contributed by atoms with Crippen LogP contribution in [-0.4, -0.2) is 44.4 Å². The van der Waals surface area contributed by atoms with Crippen molar-refractivity contribution in [1.82, 2.24) is 14.7 Å². The number of rotatable bonds is 8. The number of ether oxygens (including phenoxy) is 2. The maximum Gasteiger partial charge on any atom is 0.335 e. The molecule has 1 saturated heterocycles. The lowest BCUT2D eigenvalue weighted by Gasteiger charge is -2.27. The molecule has 6 rings (SSSR count). The summed E-state index contributed by atoms with van der Waals surface area (Å²) in [6, 6.07) is 13.3. The van der Waals surface area contributed by atoms with E-state index >= 15 is 4.39 Å². The number of imidazole rings is 1. The van der Waals surface area contributed by atoms with Gasteiger partial charge in [0.25, 0.3) is 0 Å². The van der Waals surface area contributed by atoms with Gasteiger partial charge in [-0.15, -0.1) is 0 Å². The van der Waals surface area contributed by atoms with Crippen LogP contribution in [0.1, 0.15) is 45.5 Å². The van der Waals surface area contributed by atoms with E-state index in [0.717, 1.165) is 18.7 Å². The molecule has 0 aliphatic carbocycles. The summed E-state index contributed by atoms with van der Waals surface area (Å²) in [5, 5.41) is 9.95. The van der Waals surface area contributed by atoms with Crippen LogP contribution in [0.4, 0.5) is 13.3 Å². The minimum atomic E-state index is -1.34. The van der Waals surface area contributed by atoms with E-state index < -0.39 is 23.8 Å². The van der Waals surface area contributed by atoms with Crippen LogP contribution in [0.5, 0.6) is 0 Å². The first-order valence-corrected chi connectivity index (χ1v) is 13.5. The number of carboxylic acids is 1. The molecular weight excluding hydrogens is 573 g/mol. The van der Waals surface area contributed by atoms with E-state index in [9.17, 15) is 18.8 Å². The summed E-state index contributed by atoms with van der Waals surface area (Å²) >= 11 is 5.78. The molecule has 1 N–H and O–H groups in total. The molecule has 1 aromatic heterocycles. The number of aromatic nitrogens is 2. The van der Waals surface area contributed by atoms with Crippen molar-refractivity contribution in [2.75, 3.05) is 6.61 Å². The van der Waals surface area contributed by atoms with Crippen molar-refractivity contribution in [3.63, 3.8) is 0 Å². The van der Waals surface area contributed by atoms with Gasteiger partial charge in [-0.1, -0.05) is 34.3 Å². The number of hydrogen-bond donors (Lipinski definition) is 1. The molecule has 0 saturated carbocycles. The third-order valence-corrected chi connectivity index (χ3v) is 7.43. The number of carbonyl (C=O) groups is 1. The third-order valence-electron chi connectivity index (χ3n) is 7.19. The molecule has 8 nitrogen and oxygen atoms in total. The van der Waals surface area contributed by atoms with Crippen molar-refractivity contribution < 1.29 is 32.6 Å². The number of fused-ring (bicyclic) bond motifs is 1. The summed E-state index contributed by atoms with van der Waals surface area (Å²) < 4.78 is 57.2. The van der Waals surface area contributed by atoms with Crippen LogP contribution in [0, 0.1) is 11.6 Å². The number of benzene rings is 3. The third kappa shape index (κ3) is 5.70. The minimum absolute atomic E-state index is 0.0133. The normalized spacial score (nSPS) is 18.2. The second-order valence-corrected chi connectivity index (χ2v) is 10.4. The van der Waals surface area contributed by atoms with E-state index in [1.807, 2.05) is 4.57 Å². The van der Waals surface area contributed by atoms with Gasteiger partial charge in [0.15, 0.2) is 6.17 Å². The second kappa shape index (κ2) is 11.5. The van der Waals surface area contributed by atoms with Crippen LogP contribution in [0.25, 0.3) is 11.0 Å². The molecule has 216 valence electrons. The molecule has 0 radical (unpaired) electrons. The topological polar surface area (TPSA) is 89.2 Å². The highest BCUT2D eigenvalue weighted by molar-refractivity contribution is 6.30. The Labute approximate surface area is 243 Å². The molecule has 12 heteroatoms. The monoisotopic (exact) mass is 596 g/mol. The van der Waals surface area contributed by atoms with Gasteiger partial charge in [0, 0.05) is 41.5 Å². The first kappa shape index (κ1) is 27.8. The number of aromatic carboxylic acids is 1. The Balaban J connectivity index is 1.23. The molecular formula is C30H24ClF3N4O4. The molecule has 2 aliphatic heterocycles. The fourth-order valence-electron chi connectivity index (χ4n) is 4.86. The van der Waals surface area contributed by atoms with Crippen molar-refractivity contribution in [3.8, 4) is 0 Å². The zero-order valence-corrected chi connectivity index (χ0v) is 22.8. The van der Waals surface area contributed by atoms with Crippen LogP contribution in [0.2, 0.25) is 5.02 Å². The summed E-state index contributed by atoms with van der Waals surface area (Å²) in [6.07, 6.45) is 2.09. The van der Waals surface area contributed by atoms with E-state index in [4.69, 9.17) is 21.1 Å². The molecule has 42 heavy (non-hydrogen) atoms. The van der Waals surface area contributed by atoms with E-state index in [0.29, 0.717) is 35.6 Å². The molecule has 0 bridgehead atoms. The van der Waals surface area contributed by atoms with Crippen LogP contribution >= 0.6 is 11.6 Å². The zero-order chi connectivity index (χ0) is 29.4. The fraction of sp³-hybridized carbons (Fsp3) is 0.233. The number of nitrogens with zero attached hydrogens (tertiary/aromatic N) is 4. The highest BCUT2D eigenvalue weighted by Gasteiger charge is 2.26. The van der Waals surface area contributed by atoms with Gasteiger partial charge >= 0.3 is 5.97 Å². The predicted molar refractivity (Wildman–Crippen MR) is 149 cm³/mol. The summed E-state index contributed by atoms with van der Waals surface area (Å²) in [5.74, 6) is -1.65. The number of halogens is 4. The minimum Gasteiger partial charge on any atom is -0.478 e. The second-order valence-electron chi connectivity index (χ2n) is 9.99. The van der Waals surface area contributed by atoms with E-state index in [1.165, 1.54) is 36.4 Å². The Hall–Kier alpha value is -4.35. The maximum atomic E-state index is 15.4. The van der Waals surface area contributed by atoms with Gasteiger partial charge in [-0.05, 0) is 48.4 Å². The van der Waals surface area contributed by atoms with Gasteiger partial charge in [-0.3, -0.25) is 0 Å². The molecule has 2 unspecified atom stereocenters. The number of carboxylic acid groups (broad SMARTS) is 1. The van der Waals surface area contributed by atoms with Gasteiger partial charge in [-0.2, -0.15) is 5.12 Å². The van der Waals surface area contributed by atoms with Gasteiger partial charge in [-0.25, -0.2) is 23.6 Å². The van der Waals surface area contributed by atoms with Gasteiger partial charge in [0.05, 0.1) is 29.2 Å². The van der Waals surface area contributed by atoms with Crippen LogP contribution in [0.15, 0.2) is 71.9 Å². The Morgan fingerprint density at radius 1 is 1.12 bits per heavy atom. The van der Waals surface area contributed by atoms with Gasteiger partial charge < -0.3 is 19.1 Å². The molecule has 4 aromatic rings. The Morgan fingerprint density at radius 2 is 1.95 bits per heavy atom. The van der Waals surface area contributed by atoms with Crippen LogP contribution in [-0.2, 0) is 29.0 Å². The number of hydrogen-bond acceptors (Lipinski definition) is 6. The number of aliphatic imine (C=N–C) groups is 1. The molecule has 2 atom stereocenters. The Kier molecular flexibility index (Phi) is 7.61. The Bertz CT molecular complexity index is 1740. The fourth-order valence-corrected chi connectivity index (χ4v) is 5.02. The van der Waals surface area contributed by atoms with Crippen LogP contribution in [0.3, 0.4) is 0 Å². The highest BCUT2D eigenvalue weighted by atomic mass is 35.5. The highest BCUT2D eigenvalue weighted by Crippen LogP contribution is 2.30. The molecule has 3 aromatic carbocycles. The first-order chi connectivity index (χ1) is 20.2. The molecule has 1 fully saturated rings. The molecule has 0 spiro atoms. The van der Waals surface area contributed by atoms with Gasteiger partial charge in [0.1, 0.15) is 24.1 Å². The summed E-state index contributed by atoms with van der Waals surface area (Å²) in [7, 11) is 0. The quantitative estimate of drug-likeness (QED) is 0.238. The summed E-state index contributed by atoms with van der Waals surface area (Å²) in [4.78, 5) is 20.4. The van der Waals surface area contributed by atoms with Gasteiger partial charge in [0.2, 0.25) is 5.90 Å². The standard InChI is InChI=1S/C30H24ClF3N4O4/c31-20-4-2-19(23(32)14-20)16-42-28-7-9-38(34)29(36-28)22-5-1-17(11-24(22)33)12-27-35-25-6-3-18(30(39)40)13-26(25)37(27)15-21-8-10-41-21/h1-7,9,11,13-14,21,29H,8,10,12,15-16H2,(H,39,40). The van der Waals surface area contributed by atoms with Crippen molar-refractivity contribution in [2.45, 2.75) is 38.3 Å². The van der Waals surface area contributed by atoms with E-state index in [-0.39, 0.29) is 51.9 Å². The lowest BCUT2D eigenvalue weighted by molar-refractivity contribution is -0.0589. The van der Waals surface area contributed by atoms with Crippen molar-refractivity contribution in [3.05, 3.63) is 112 Å². The predicted octanol–water partition coefficient (Wildman–Crippen LogP) is 6.37. The van der Waals surface area contributed by atoms with Crippen molar-refractivity contribution in [2.24, 2.45) is 4.99 Å². The average Bonchev–Trinajstić information content (AvgIpc) is 3.27. The summed E-state index contributed by atoms with van der Waals surface area (Å²) in [6.45, 7) is 0.973. The zero-order valence-electron chi connectivity index (χ0n) is 22.0. The molecule has 0 amide bonds.